The average molecular weight is 434 g/mol. The van der Waals surface area contributed by atoms with Gasteiger partial charge in [-0.25, -0.2) is 0 Å². The zero-order valence-corrected chi connectivity index (χ0v) is 16.4. The van der Waals surface area contributed by atoms with E-state index in [-0.39, 0.29) is 12.2 Å². The number of hydrogen-bond acceptors (Lipinski definition) is 4. The third-order valence-corrected chi connectivity index (χ3v) is 4.85. The van der Waals surface area contributed by atoms with E-state index >= 15 is 0 Å². The number of alkyl halides is 3. The molecule has 0 bridgehead atoms. The van der Waals surface area contributed by atoms with Crippen molar-refractivity contribution in [3.05, 3.63) is 82.5 Å². The molecule has 2 heterocycles. The zero-order valence-electron chi connectivity index (χ0n) is 15.6. The van der Waals surface area contributed by atoms with Crippen molar-refractivity contribution in [2.24, 2.45) is 0 Å². The monoisotopic (exact) mass is 434 g/mol. The first-order chi connectivity index (χ1) is 14.3. The van der Waals surface area contributed by atoms with E-state index < -0.39 is 30.1 Å². The fourth-order valence-corrected chi connectivity index (χ4v) is 3.27. The van der Waals surface area contributed by atoms with Gasteiger partial charge in [0.2, 0.25) is 11.8 Å². The highest BCUT2D eigenvalue weighted by Crippen LogP contribution is 2.34. The standard InChI is InChI=1S/C21H17F3N2O3S/c22-21(23,24)17-7-1-2-8-18(17)25-19(27)14-26(13-15-5-3-11-29-15)20(28)10-9-16-6-4-12-30-16/h1-12H,13-14H2,(H,25,27). The van der Waals surface area contributed by atoms with Gasteiger partial charge in [0.05, 0.1) is 24.1 Å². The number of carbonyl (C=O) groups is 2. The van der Waals surface area contributed by atoms with Crippen molar-refractivity contribution in [1.82, 2.24) is 4.90 Å². The van der Waals surface area contributed by atoms with Crippen LogP contribution in [0.15, 0.2) is 70.7 Å². The van der Waals surface area contributed by atoms with Crippen molar-refractivity contribution in [2.75, 3.05) is 11.9 Å². The predicted molar refractivity (Wildman–Crippen MR) is 108 cm³/mol. The van der Waals surface area contributed by atoms with E-state index in [2.05, 4.69) is 5.32 Å². The van der Waals surface area contributed by atoms with Crippen molar-refractivity contribution in [3.8, 4) is 0 Å². The van der Waals surface area contributed by atoms with Gasteiger partial charge in [0.15, 0.2) is 0 Å². The molecule has 3 rings (SSSR count). The number of anilines is 1. The predicted octanol–water partition coefficient (Wildman–Crippen LogP) is 5.04. The Balaban J connectivity index is 1.74. The maximum Gasteiger partial charge on any atom is 0.418 e. The lowest BCUT2D eigenvalue weighted by molar-refractivity contribution is -0.137. The molecule has 0 atom stereocenters. The second-order valence-electron chi connectivity index (χ2n) is 6.21. The van der Waals surface area contributed by atoms with Gasteiger partial charge in [0, 0.05) is 11.0 Å². The molecule has 0 aliphatic carbocycles. The Labute approximate surface area is 174 Å². The second kappa shape index (κ2) is 9.45. The normalized spacial score (nSPS) is 11.6. The molecular weight excluding hydrogens is 417 g/mol. The number of para-hydroxylation sites is 1. The van der Waals surface area contributed by atoms with Gasteiger partial charge in [-0.1, -0.05) is 18.2 Å². The SMILES string of the molecule is O=C(CN(Cc1ccco1)C(=O)C=Cc1cccs1)Nc1ccccc1C(F)(F)F. The van der Waals surface area contributed by atoms with Crippen LogP contribution in [0, 0.1) is 0 Å². The molecule has 0 aliphatic heterocycles. The molecule has 1 aromatic carbocycles. The Morgan fingerprint density at radius 3 is 2.57 bits per heavy atom. The number of halogens is 3. The number of hydrogen-bond donors (Lipinski definition) is 1. The molecule has 5 nitrogen and oxygen atoms in total. The minimum Gasteiger partial charge on any atom is -0.467 e. The van der Waals surface area contributed by atoms with Gasteiger partial charge >= 0.3 is 6.18 Å². The lowest BCUT2D eigenvalue weighted by Gasteiger charge is -2.20. The number of nitrogens with zero attached hydrogens (tertiary/aromatic N) is 1. The van der Waals surface area contributed by atoms with Gasteiger partial charge in [-0.3, -0.25) is 9.59 Å². The maximum atomic E-state index is 13.1. The summed E-state index contributed by atoms with van der Waals surface area (Å²) in [5.41, 5.74) is -1.32. The minimum absolute atomic E-state index is 0.00501. The molecule has 9 heteroatoms. The number of carbonyl (C=O) groups excluding carboxylic acids is 2. The zero-order chi connectivity index (χ0) is 21.6. The summed E-state index contributed by atoms with van der Waals surface area (Å²) in [4.78, 5) is 27.1. The smallest absolute Gasteiger partial charge is 0.418 e. The highest BCUT2D eigenvalue weighted by atomic mass is 32.1. The van der Waals surface area contributed by atoms with Crippen LogP contribution in [0.4, 0.5) is 18.9 Å². The Bertz CT molecular complexity index is 1010. The first kappa shape index (κ1) is 21.4. The maximum absolute atomic E-state index is 13.1. The first-order valence-electron chi connectivity index (χ1n) is 8.82. The van der Waals surface area contributed by atoms with Crippen LogP contribution in [0.25, 0.3) is 6.08 Å². The van der Waals surface area contributed by atoms with Gasteiger partial charge in [-0.2, -0.15) is 13.2 Å². The third-order valence-electron chi connectivity index (χ3n) is 4.01. The summed E-state index contributed by atoms with van der Waals surface area (Å²) in [6, 6.07) is 11.6. The Morgan fingerprint density at radius 1 is 1.10 bits per heavy atom. The fourth-order valence-electron chi connectivity index (χ4n) is 2.65. The molecule has 0 fully saturated rings. The van der Waals surface area contributed by atoms with Crippen LogP contribution in [0.5, 0.6) is 0 Å². The molecule has 0 spiro atoms. The van der Waals surface area contributed by atoms with Crippen LogP contribution in [0.2, 0.25) is 0 Å². The Kier molecular flexibility index (Phi) is 6.73. The van der Waals surface area contributed by atoms with Crippen LogP contribution < -0.4 is 5.32 Å². The van der Waals surface area contributed by atoms with E-state index in [1.54, 1.807) is 18.2 Å². The molecule has 2 aromatic heterocycles. The van der Waals surface area contributed by atoms with Gasteiger partial charge in [0.25, 0.3) is 0 Å². The second-order valence-corrected chi connectivity index (χ2v) is 7.19. The largest absolute Gasteiger partial charge is 0.467 e. The van der Waals surface area contributed by atoms with E-state index in [1.807, 2.05) is 17.5 Å². The summed E-state index contributed by atoms with van der Waals surface area (Å²) in [5.74, 6) is -0.786. The lowest BCUT2D eigenvalue weighted by Crippen LogP contribution is -2.36. The molecule has 2 amide bonds. The highest BCUT2D eigenvalue weighted by molar-refractivity contribution is 7.10. The third kappa shape index (κ3) is 5.84. The Hall–Kier alpha value is -3.33. The number of benzene rings is 1. The number of furan rings is 1. The van der Waals surface area contributed by atoms with Gasteiger partial charge in [0.1, 0.15) is 12.3 Å². The summed E-state index contributed by atoms with van der Waals surface area (Å²) in [7, 11) is 0. The van der Waals surface area contributed by atoms with E-state index in [9.17, 15) is 22.8 Å². The minimum atomic E-state index is -4.61. The molecule has 156 valence electrons. The Morgan fingerprint density at radius 2 is 1.90 bits per heavy atom. The molecule has 30 heavy (non-hydrogen) atoms. The van der Waals surface area contributed by atoms with Gasteiger partial charge in [-0.15, -0.1) is 11.3 Å². The van der Waals surface area contributed by atoms with E-state index in [0.717, 1.165) is 17.0 Å². The van der Waals surface area contributed by atoms with Crippen LogP contribution in [0.1, 0.15) is 16.2 Å². The molecule has 0 radical (unpaired) electrons. The first-order valence-corrected chi connectivity index (χ1v) is 9.70. The van der Waals surface area contributed by atoms with Crippen LogP contribution in [-0.2, 0) is 22.3 Å². The van der Waals surface area contributed by atoms with Crippen LogP contribution >= 0.6 is 11.3 Å². The molecule has 0 saturated heterocycles. The lowest BCUT2D eigenvalue weighted by atomic mass is 10.1. The molecule has 3 aromatic rings. The summed E-state index contributed by atoms with van der Waals surface area (Å²) in [6.07, 6.45) is -0.263. The molecule has 0 saturated carbocycles. The summed E-state index contributed by atoms with van der Waals surface area (Å²) < 4.78 is 44.7. The van der Waals surface area contributed by atoms with E-state index in [1.165, 1.54) is 40.7 Å². The van der Waals surface area contributed by atoms with E-state index in [4.69, 9.17) is 4.42 Å². The number of nitrogens with one attached hydrogen (secondary N) is 1. The van der Waals surface area contributed by atoms with Gasteiger partial charge < -0.3 is 14.6 Å². The molecule has 1 N–H and O–H groups in total. The summed E-state index contributed by atoms with van der Waals surface area (Å²) >= 11 is 1.44. The summed E-state index contributed by atoms with van der Waals surface area (Å²) in [5, 5.41) is 4.10. The summed E-state index contributed by atoms with van der Waals surface area (Å²) in [6.45, 7) is -0.449. The number of thiophene rings is 1. The fraction of sp³-hybridized carbons (Fsp3) is 0.143. The molecular formula is C21H17F3N2O3S. The van der Waals surface area contributed by atoms with Crippen LogP contribution in [-0.4, -0.2) is 23.3 Å². The van der Waals surface area contributed by atoms with Crippen molar-refractivity contribution >= 4 is 34.9 Å². The van der Waals surface area contributed by atoms with Crippen molar-refractivity contribution < 1.29 is 27.2 Å². The number of rotatable bonds is 7. The molecule has 0 unspecified atom stereocenters. The topological polar surface area (TPSA) is 62.6 Å². The van der Waals surface area contributed by atoms with E-state index in [0.29, 0.717) is 5.76 Å². The van der Waals surface area contributed by atoms with Crippen molar-refractivity contribution in [2.45, 2.75) is 12.7 Å². The average Bonchev–Trinajstić information content (AvgIpc) is 3.39. The number of amides is 2. The van der Waals surface area contributed by atoms with Crippen LogP contribution in [0.3, 0.4) is 0 Å². The van der Waals surface area contributed by atoms with Crippen molar-refractivity contribution in [1.29, 1.82) is 0 Å². The molecule has 0 aliphatic rings. The quantitative estimate of drug-likeness (QED) is 0.530. The van der Waals surface area contributed by atoms with Gasteiger partial charge in [-0.05, 0) is 41.8 Å². The highest BCUT2D eigenvalue weighted by Gasteiger charge is 2.33. The van der Waals surface area contributed by atoms with Crippen molar-refractivity contribution in [3.63, 3.8) is 0 Å².